The summed E-state index contributed by atoms with van der Waals surface area (Å²) in [5.74, 6) is 0. The van der Waals surface area contributed by atoms with Crippen LogP contribution in [0.15, 0.2) is 0 Å². The largest absolute Gasteiger partial charge is 0.379 e. The van der Waals surface area contributed by atoms with Crippen LogP contribution in [0.1, 0.15) is 25.3 Å². The minimum atomic E-state index is 0.472. The number of aromatic nitrogens is 2. The second-order valence-corrected chi connectivity index (χ2v) is 5.38. The molecule has 1 aromatic heterocycles. The number of ether oxygens (including phenoxy) is 1. The lowest BCUT2D eigenvalue weighted by Crippen LogP contribution is -2.42. The Morgan fingerprint density at radius 1 is 1.53 bits per heavy atom. The summed E-state index contributed by atoms with van der Waals surface area (Å²) >= 11 is 1.65. The number of rotatable bonds is 5. The zero-order valence-electron chi connectivity index (χ0n) is 10.5. The molecular weight excluding hydrogens is 236 g/mol. The molecule has 1 atom stereocenters. The van der Waals surface area contributed by atoms with Gasteiger partial charge in [-0.1, -0.05) is 18.3 Å². The molecule has 0 bridgehead atoms. The molecule has 1 aromatic rings. The molecule has 1 fully saturated rings. The van der Waals surface area contributed by atoms with E-state index in [1.54, 1.807) is 11.3 Å². The minimum absolute atomic E-state index is 0.472. The predicted molar refractivity (Wildman–Crippen MR) is 69.4 cm³/mol. The first-order chi connectivity index (χ1) is 8.29. The van der Waals surface area contributed by atoms with E-state index >= 15 is 0 Å². The van der Waals surface area contributed by atoms with Gasteiger partial charge in [-0.25, -0.2) is 0 Å². The molecule has 96 valence electrons. The van der Waals surface area contributed by atoms with Crippen LogP contribution in [-0.2, 0) is 11.3 Å². The molecule has 6 heteroatoms. The zero-order chi connectivity index (χ0) is 12.1. The molecule has 1 aliphatic heterocycles. The Kier molecular flexibility index (Phi) is 4.70. The summed E-state index contributed by atoms with van der Waals surface area (Å²) in [6.45, 7) is 8.81. The van der Waals surface area contributed by atoms with Crippen molar-refractivity contribution in [1.82, 2.24) is 15.1 Å². The van der Waals surface area contributed by atoms with Gasteiger partial charge in [-0.15, -0.1) is 10.2 Å². The zero-order valence-corrected chi connectivity index (χ0v) is 11.3. The summed E-state index contributed by atoms with van der Waals surface area (Å²) < 4.78 is 5.42. The van der Waals surface area contributed by atoms with Gasteiger partial charge in [0.15, 0.2) is 0 Å². The third kappa shape index (κ3) is 3.62. The number of nitrogens with one attached hydrogen (secondary N) is 1. The molecule has 1 unspecified atom stereocenters. The van der Waals surface area contributed by atoms with Crippen molar-refractivity contribution in [2.45, 2.75) is 32.9 Å². The lowest BCUT2D eigenvalue weighted by molar-refractivity contribution is -0.00446. The summed E-state index contributed by atoms with van der Waals surface area (Å²) in [5, 5.41) is 13.6. The summed E-state index contributed by atoms with van der Waals surface area (Å²) in [6.07, 6.45) is 1.11. The van der Waals surface area contributed by atoms with Crippen LogP contribution in [0.3, 0.4) is 0 Å². The number of hydrogen-bond acceptors (Lipinski definition) is 6. The van der Waals surface area contributed by atoms with E-state index in [4.69, 9.17) is 4.74 Å². The molecular formula is C11H20N4OS. The van der Waals surface area contributed by atoms with E-state index in [2.05, 4.69) is 34.3 Å². The Morgan fingerprint density at radius 2 is 2.41 bits per heavy atom. The molecule has 0 spiro atoms. The third-order valence-electron chi connectivity index (χ3n) is 2.84. The van der Waals surface area contributed by atoms with Gasteiger partial charge < -0.3 is 10.1 Å². The number of morpholine rings is 1. The normalized spacial score (nSPS) is 21.6. The summed E-state index contributed by atoms with van der Waals surface area (Å²) in [7, 11) is 0. The van der Waals surface area contributed by atoms with Crippen molar-refractivity contribution < 1.29 is 4.74 Å². The van der Waals surface area contributed by atoms with E-state index in [1.165, 1.54) is 0 Å². The maximum absolute atomic E-state index is 5.42. The van der Waals surface area contributed by atoms with Gasteiger partial charge in [0.1, 0.15) is 5.01 Å². The molecule has 2 rings (SSSR count). The second kappa shape index (κ2) is 6.28. The van der Waals surface area contributed by atoms with Gasteiger partial charge in [0, 0.05) is 19.1 Å². The van der Waals surface area contributed by atoms with Crippen molar-refractivity contribution >= 4 is 16.5 Å². The third-order valence-corrected chi connectivity index (χ3v) is 3.70. The van der Waals surface area contributed by atoms with E-state index < -0.39 is 0 Å². The monoisotopic (exact) mass is 256 g/mol. The molecule has 0 amide bonds. The van der Waals surface area contributed by atoms with Crippen molar-refractivity contribution in [3.8, 4) is 0 Å². The number of anilines is 1. The van der Waals surface area contributed by atoms with Crippen LogP contribution in [0.5, 0.6) is 0 Å². The fourth-order valence-electron chi connectivity index (χ4n) is 1.79. The topological polar surface area (TPSA) is 50.3 Å². The Bertz CT molecular complexity index is 344. The molecule has 0 radical (unpaired) electrons. The summed E-state index contributed by atoms with van der Waals surface area (Å²) in [5.41, 5.74) is 0. The van der Waals surface area contributed by atoms with E-state index in [9.17, 15) is 0 Å². The van der Waals surface area contributed by atoms with Crippen LogP contribution >= 0.6 is 11.3 Å². The minimum Gasteiger partial charge on any atom is -0.379 e. The van der Waals surface area contributed by atoms with Crippen molar-refractivity contribution in [2.24, 2.45) is 0 Å². The van der Waals surface area contributed by atoms with Crippen LogP contribution in [0, 0.1) is 0 Å². The smallest absolute Gasteiger partial charge is 0.205 e. The quantitative estimate of drug-likeness (QED) is 0.867. The average Bonchev–Trinajstić information content (AvgIpc) is 2.77. The van der Waals surface area contributed by atoms with Crippen molar-refractivity contribution in [3.05, 3.63) is 5.01 Å². The van der Waals surface area contributed by atoms with Crippen molar-refractivity contribution in [3.63, 3.8) is 0 Å². The molecule has 5 nitrogen and oxygen atoms in total. The Hall–Kier alpha value is -0.720. The highest BCUT2D eigenvalue weighted by atomic mass is 32.1. The van der Waals surface area contributed by atoms with Crippen LogP contribution in [-0.4, -0.2) is 47.4 Å². The first-order valence-corrected chi connectivity index (χ1v) is 6.99. The van der Waals surface area contributed by atoms with Gasteiger partial charge in [0.05, 0.1) is 19.8 Å². The van der Waals surface area contributed by atoms with Crippen LogP contribution in [0.25, 0.3) is 0 Å². The molecule has 1 aliphatic rings. The highest BCUT2D eigenvalue weighted by Gasteiger charge is 2.20. The maximum atomic E-state index is 5.42. The predicted octanol–water partition coefficient (Wildman–Crippen LogP) is 1.58. The standard InChI is InChI=1S/C11H20N4OS/c1-3-4-12-11-14-13-10(17-11)7-15-5-6-16-8-9(15)2/h9H,3-8H2,1-2H3,(H,12,14). The highest BCUT2D eigenvalue weighted by molar-refractivity contribution is 7.15. The Labute approximate surface area is 106 Å². The Morgan fingerprint density at radius 3 is 3.18 bits per heavy atom. The SMILES string of the molecule is CCCNc1nnc(CN2CCOCC2C)s1. The second-order valence-electron chi connectivity index (χ2n) is 4.32. The fraction of sp³-hybridized carbons (Fsp3) is 0.818. The maximum Gasteiger partial charge on any atom is 0.205 e. The molecule has 0 aromatic carbocycles. The number of hydrogen-bond donors (Lipinski definition) is 1. The lowest BCUT2D eigenvalue weighted by atomic mass is 10.2. The molecule has 1 N–H and O–H groups in total. The van der Waals surface area contributed by atoms with E-state index in [1.807, 2.05) is 0 Å². The van der Waals surface area contributed by atoms with Gasteiger partial charge in [0.2, 0.25) is 5.13 Å². The highest BCUT2D eigenvalue weighted by Crippen LogP contribution is 2.18. The lowest BCUT2D eigenvalue weighted by Gasteiger charge is -2.32. The Balaban J connectivity index is 1.87. The molecule has 1 saturated heterocycles. The average molecular weight is 256 g/mol. The van der Waals surface area contributed by atoms with Gasteiger partial charge in [-0.05, 0) is 13.3 Å². The van der Waals surface area contributed by atoms with Gasteiger partial charge in [-0.3, -0.25) is 4.90 Å². The number of nitrogens with zero attached hydrogens (tertiary/aromatic N) is 3. The van der Waals surface area contributed by atoms with E-state index in [0.29, 0.717) is 6.04 Å². The molecule has 0 saturated carbocycles. The van der Waals surface area contributed by atoms with Crippen LogP contribution in [0.2, 0.25) is 0 Å². The molecule has 0 aliphatic carbocycles. The van der Waals surface area contributed by atoms with Gasteiger partial charge in [-0.2, -0.15) is 0 Å². The van der Waals surface area contributed by atoms with Crippen molar-refractivity contribution in [2.75, 3.05) is 31.6 Å². The van der Waals surface area contributed by atoms with Gasteiger partial charge >= 0.3 is 0 Å². The summed E-state index contributed by atoms with van der Waals surface area (Å²) in [4.78, 5) is 2.40. The first kappa shape index (κ1) is 12.7. The fourth-order valence-corrected chi connectivity index (χ4v) is 2.58. The molecule has 2 heterocycles. The summed E-state index contributed by atoms with van der Waals surface area (Å²) in [6, 6.07) is 0.472. The van der Waals surface area contributed by atoms with Crippen molar-refractivity contribution in [1.29, 1.82) is 0 Å². The van der Waals surface area contributed by atoms with E-state index in [-0.39, 0.29) is 0 Å². The van der Waals surface area contributed by atoms with E-state index in [0.717, 1.165) is 49.4 Å². The first-order valence-electron chi connectivity index (χ1n) is 6.17. The van der Waals surface area contributed by atoms with Gasteiger partial charge in [0.25, 0.3) is 0 Å². The molecule has 17 heavy (non-hydrogen) atoms. The van der Waals surface area contributed by atoms with Crippen LogP contribution < -0.4 is 5.32 Å². The van der Waals surface area contributed by atoms with Crippen LogP contribution in [0.4, 0.5) is 5.13 Å².